The molecule has 116 valence electrons. The van der Waals surface area contributed by atoms with Crippen molar-refractivity contribution in [2.24, 2.45) is 5.73 Å². The highest BCUT2D eigenvalue weighted by atomic mass is 32.1. The van der Waals surface area contributed by atoms with Gasteiger partial charge < -0.3 is 15.5 Å². The van der Waals surface area contributed by atoms with Crippen LogP contribution in [-0.4, -0.2) is 43.0 Å². The highest BCUT2D eigenvalue weighted by Crippen LogP contribution is 2.22. The Bertz CT molecular complexity index is 592. The Morgan fingerprint density at radius 1 is 1.09 bits per heavy atom. The second-order valence-electron chi connectivity index (χ2n) is 5.56. The molecule has 0 radical (unpaired) electrons. The highest BCUT2D eigenvalue weighted by molar-refractivity contribution is 7.14. The summed E-state index contributed by atoms with van der Waals surface area (Å²) in [4.78, 5) is 16.7. The monoisotopic (exact) mass is 315 g/mol. The second-order valence-corrected chi connectivity index (χ2v) is 6.49. The minimum Gasteiger partial charge on any atom is -0.360 e. The van der Waals surface area contributed by atoms with E-state index >= 15 is 0 Å². The zero-order valence-electron chi connectivity index (χ0n) is 12.5. The van der Waals surface area contributed by atoms with Crippen LogP contribution in [0.15, 0.2) is 47.8 Å². The smallest absolute Gasteiger partial charge is 0.239 e. The molecule has 2 heterocycles. The Balaban J connectivity index is 1.53. The molecule has 1 unspecified atom stereocenters. The van der Waals surface area contributed by atoms with Crippen LogP contribution in [0.5, 0.6) is 0 Å². The van der Waals surface area contributed by atoms with E-state index in [1.54, 1.807) is 11.3 Å². The number of amides is 1. The van der Waals surface area contributed by atoms with Gasteiger partial charge in [0.25, 0.3) is 0 Å². The van der Waals surface area contributed by atoms with E-state index in [2.05, 4.69) is 22.4 Å². The zero-order chi connectivity index (χ0) is 15.4. The largest absolute Gasteiger partial charge is 0.360 e. The number of thiophene rings is 1. The predicted octanol–water partition coefficient (Wildman–Crippen LogP) is 1.97. The Morgan fingerprint density at radius 3 is 2.45 bits per heavy atom. The molecule has 2 aromatic rings. The van der Waals surface area contributed by atoms with Crippen molar-refractivity contribution in [2.45, 2.75) is 12.5 Å². The molecular formula is C17H21N3OS. The van der Waals surface area contributed by atoms with Crippen LogP contribution in [-0.2, 0) is 11.2 Å². The molecule has 1 aliphatic rings. The number of nitrogens with zero attached hydrogens (tertiary/aromatic N) is 2. The molecule has 4 nitrogen and oxygen atoms in total. The van der Waals surface area contributed by atoms with Gasteiger partial charge in [-0.05, 0) is 29.5 Å². The van der Waals surface area contributed by atoms with Gasteiger partial charge >= 0.3 is 0 Å². The number of hydrogen-bond donors (Lipinski definition) is 1. The molecule has 1 aromatic carbocycles. The molecule has 3 rings (SSSR count). The molecule has 1 saturated heterocycles. The molecule has 1 aromatic heterocycles. The van der Waals surface area contributed by atoms with Gasteiger partial charge in [-0.3, -0.25) is 4.79 Å². The van der Waals surface area contributed by atoms with Crippen molar-refractivity contribution < 1.29 is 4.79 Å². The third-order valence-corrected chi connectivity index (χ3v) is 4.95. The molecule has 0 spiro atoms. The third-order valence-electron chi connectivity index (χ3n) is 4.02. The fourth-order valence-electron chi connectivity index (χ4n) is 2.79. The number of rotatable bonds is 4. The van der Waals surface area contributed by atoms with Crippen LogP contribution in [0, 0.1) is 0 Å². The molecule has 22 heavy (non-hydrogen) atoms. The summed E-state index contributed by atoms with van der Waals surface area (Å²) >= 11 is 1.74. The lowest BCUT2D eigenvalue weighted by atomic mass is 10.1. The van der Waals surface area contributed by atoms with Crippen LogP contribution in [0.3, 0.4) is 0 Å². The van der Waals surface area contributed by atoms with Crippen molar-refractivity contribution in [3.05, 3.63) is 53.4 Å². The molecule has 1 amide bonds. The number of benzene rings is 1. The first kappa shape index (κ1) is 15.1. The first-order valence-corrected chi connectivity index (χ1v) is 8.49. The van der Waals surface area contributed by atoms with Crippen molar-refractivity contribution in [1.29, 1.82) is 0 Å². The Morgan fingerprint density at radius 2 is 1.82 bits per heavy atom. The van der Waals surface area contributed by atoms with Crippen molar-refractivity contribution in [3.8, 4) is 0 Å². The zero-order valence-corrected chi connectivity index (χ0v) is 13.3. The van der Waals surface area contributed by atoms with Gasteiger partial charge in [-0.25, -0.2) is 0 Å². The number of carbonyl (C=O) groups excluding carboxylic acids is 1. The molecule has 5 heteroatoms. The average molecular weight is 315 g/mol. The molecule has 2 N–H and O–H groups in total. The van der Waals surface area contributed by atoms with Crippen LogP contribution in [0.2, 0.25) is 0 Å². The molecule has 0 saturated carbocycles. The van der Waals surface area contributed by atoms with E-state index in [0.717, 1.165) is 31.7 Å². The van der Waals surface area contributed by atoms with Gasteiger partial charge in [0.2, 0.25) is 5.91 Å². The maximum Gasteiger partial charge on any atom is 0.239 e. The lowest BCUT2D eigenvalue weighted by Crippen LogP contribution is -2.53. The summed E-state index contributed by atoms with van der Waals surface area (Å²) < 4.78 is 0. The summed E-state index contributed by atoms with van der Waals surface area (Å²) in [7, 11) is 0. The van der Waals surface area contributed by atoms with Crippen molar-refractivity contribution in [2.75, 3.05) is 31.1 Å². The number of nitrogens with two attached hydrogens (primary N) is 1. The van der Waals surface area contributed by atoms with E-state index < -0.39 is 6.04 Å². The Hall–Kier alpha value is -1.85. The Labute approximate surface area is 135 Å². The standard InChI is InChI=1S/C17H21N3OS/c18-15(13-14-5-2-1-3-6-14)17(21)20-10-8-19(9-11-20)16-7-4-12-22-16/h1-7,12,15H,8-11,13,18H2. The topological polar surface area (TPSA) is 49.6 Å². The van der Waals surface area contributed by atoms with Crippen molar-refractivity contribution >= 4 is 22.2 Å². The van der Waals surface area contributed by atoms with E-state index in [-0.39, 0.29) is 5.91 Å². The molecule has 0 aliphatic carbocycles. The quantitative estimate of drug-likeness (QED) is 0.938. The lowest BCUT2D eigenvalue weighted by molar-refractivity contribution is -0.132. The van der Waals surface area contributed by atoms with Gasteiger partial charge in [0.1, 0.15) is 0 Å². The summed E-state index contributed by atoms with van der Waals surface area (Å²) in [6, 6.07) is 13.7. The minimum absolute atomic E-state index is 0.0645. The molecular weight excluding hydrogens is 294 g/mol. The summed E-state index contributed by atoms with van der Waals surface area (Å²) in [5.41, 5.74) is 7.22. The SMILES string of the molecule is NC(Cc1ccccc1)C(=O)N1CCN(c2cccs2)CC1. The fraction of sp³-hybridized carbons (Fsp3) is 0.353. The van der Waals surface area contributed by atoms with Crippen LogP contribution < -0.4 is 10.6 Å². The van der Waals surface area contributed by atoms with E-state index in [1.807, 2.05) is 35.2 Å². The number of anilines is 1. The molecule has 0 bridgehead atoms. The Kier molecular flexibility index (Phi) is 4.75. The van der Waals surface area contributed by atoms with Crippen LogP contribution in [0.1, 0.15) is 5.56 Å². The third kappa shape index (κ3) is 3.48. The average Bonchev–Trinajstić information content (AvgIpc) is 3.10. The van der Waals surface area contributed by atoms with E-state index in [1.165, 1.54) is 5.00 Å². The van der Waals surface area contributed by atoms with Gasteiger partial charge in [0, 0.05) is 26.2 Å². The van der Waals surface area contributed by atoms with E-state index in [4.69, 9.17) is 5.73 Å². The van der Waals surface area contributed by atoms with Crippen LogP contribution >= 0.6 is 11.3 Å². The number of hydrogen-bond acceptors (Lipinski definition) is 4. The van der Waals surface area contributed by atoms with Crippen LogP contribution in [0.25, 0.3) is 0 Å². The van der Waals surface area contributed by atoms with Gasteiger partial charge in [0.15, 0.2) is 0 Å². The molecule has 1 fully saturated rings. The van der Waals surface area contributed by atoms with Gasteiger partial charge in [-0.15, -0.1) is 11.3 Å². The molecule has 1 aliphatic heterocycles. The maximum absolute atomic E-state index is 12.5. The van der Waals surface area contributed by atoms with Gasteiger partial charge in [-0.2, -0.15) is 0 Å². The first-order chi connectivity index (χ1) is 10.7. The predicted molar refractivity (Wildman–Crippen MR) is 91.2 cm³/mol. The summed E-state index contributed by atoms with van der Waals surface area (Å²) in [6.07, 6.45) is 0.602. The number of carbonyl (C=O) groups is 1. The first-order valence-electron chi connectivity index (χ1n) is 7.61. The van der Waals surface area contributed by atoms with Gasteiger partial charge in [-0.1, -0.05) is 30.3 Å². The van der Waals surface area contributed by atoms with E-state index in [0.29, 0.717) is 6.42 Å². The normalized spacial score (nSPS) is 16.6. The van der Waals surface area contributed by atoms with Crippen molar-refractivity contribution in [3.63, 3.8) is 0 Å². The molecule has 1 atom stereocenters. The minimum atomic E-state index is -0.448. The van der Waals surface area contributed by atoms with Crippen molar-refractivity contribution in [1.82, 2.24) is 4.90 Å². The maximum atomic E-state index is 12.5. The summed E-state index contributed by atoms with van der Waals surface area (Å²) in [6.45, 7) is 3.26. The van der Waals surface area contributed by atoms with Gasteiger partial charge in [0.05, 0.1) is 11.0 Å². The lowest BCUT2D eigenvalue weighted by Gasteiger charge is -2.36. The fourth-order valence-corrected chi connectivity index (χ4v) is 3.57. The summed E-state index contributed by atoms with van der Waals surface area (Å²) in [5.74, 6) is 0.0645. The van der Waals surface area contributed by atoms with Crippen LogP contribution in [0.4, 0.5) is 5.00 Å². The number of piperazine rings is 1. The summed E-state index contributed by atoms with van der Waals surface area (Å²) in [5, 5.41) is 3.36. The van der Waals surface area contributed by atoms with E-state index in [9.17, 15) is 4.79 Å². The highest BCUT2D eigenvalue weighted by Gasteiger charge is 2.25. The second kappa shape index (κ2) is 6.94.